The zero-order chi connectivity index (χ0) is 15.9. The molecule has 0 bridgehead atoms. The first-order chi connectivity index (χ1) is 10.6. The highest BCUT2D eigenvalue weighted by Gasteiger charge is 2.10. The van der Waals surface area contributed by atoms with E-state index in [0.717, 1.165) is 16.7 Å². The molecule has 4 nitrogen and oxygen atoms in total. The predicted molar refractivity (Wildman–Crippen MR) is 88.5 cm³/mol. The van der Waals surface area contributed by atoms with Crippen LogP contribution in [0.2, 0.25) is 0 Å². The summed E-state index contributed by atoms with van der Waals surface area (Å²) in [5.41, 5.74) is 10.0. The van der Waals surface area contributed by atoms with E-state index >= 15 is 0 Å². The van der Waals surface area contributed by atoms with Gasteiger partial charge in [-0.2, -0.15) is 0 Å². The molecule has 0 spiro atoms. The predicted octanol–water partition coefficient (Wildman–Crippen LogP) is 3.04. The van der Waals surface area contributed by atoms with E-state index < -0.39 is 0 Å². The number of ether oxygens (including phenoxy) is 1. The number of benzene rings is 2. The lowest BCUT2D eigenvalue weighted by Gasteiger charge is -2.12. The van der Waals surface area contributed by atoms with Gasteiger partial charge in [0.2, 0.25) is 0 Å². The van der Waals surface area contributed by atoms with Gasteiger partial charge in [0.1, 0.15) is 0 Å². The molecular formula is C18H22N2O2. The number of amides is 1. The van der Waals surface area contributed by atoms with Crippen molar-refractivity contribution in [2.75, 3.05) is 12.3 Å². The van der Waals surface area contributed by atoms with Gasteiger partial charge in [0, 0.05) is 24.4 Å². The van der Waals surface area contributed by atoms with Crippen molar-refractivity contribution in [3.05, 3.63) is 64.7 Å². The Morgan fingerprint density at radius 3 is 2.64 bits per heavy atom. The molecular weight excluding hydrogens is 276 g/mol. The SMILES string of the molecule is CCOCc1ccccc1CNC(=O)c1cc(N)ccc1C. The van der Waals surface area contributed by atoms with Gasteiger partial charge in [-0.15, -0.1) is 0 Å². The molecule has 0 radical (unpaired) electrons. The minimum absolute atomic E-state index is 0.115. The van der Waals surface area contributed by atoms with Crippen LogP contribution in [0.4, 0.5) is 5.69 Å². The van der Waals surface area contributed by atoms with Crippen LogP contribution >= 0.6 is 0 Å². The van der Waals surface area contributed by atoms with Gasteiger partial charge in [-0.3, -0.25) is 4.79 Å². The van der Waals surface area contributed by atoms with Crippen molar-refractivity contribution in [2.24, 2.45) is 0 Å². The van der Waals surface area contributed by atoms with Crippen LogP contribution in [-0.4, -0.2) is 12.5 Å². The Morgan fingerprint density at radius 2 is 1.91 bits per heavy atom. The molecule has 0 saturated heterocycles. The second kappa shape index (κ2) is 7.61. The number of carbonyl (C=O) groups is 1. The normalized spacial score (nSPS) is 10.5. The third-order valence-corrected chi connectivity index (χ3v) is 3.53. The van der Waals surface area contributed by atoms with Crippen molar-refractivity contribution < 1.29 is 9.53 Å². The minimum Gasteiger partial charge on any atom is -0.399 e. The third kappa shape index (κ3) is 4.09. The van der Waals surface area contributed by atoms with Crippen LogP contribution in [0.15, 0.2) is 42.5 Å². The van der Waals surface area contributed by atoms with Gasteiger partial charge in [-0.1, -0.05) is 30.3 Å². The zero-order valence-corrected chi connectivity index (χ0v) is 13.1. The largest absolute Gasteiger partial charge is 0.399 e. The van der Waals surface area contributed by atoms with Gasteiger partial charge in [-0.05, 0) is 42.7 Å². The molecule has 0 unspecified atom stereocenters. The molecule has 4 heteroatoms. The van der Waals surface area contributed by atoms with Crippen molar-refractivity contribution >= 4 is 11.6 Å². The average Bonchev–Trinajstić information content (AvgIpc) is 2.53. The Morgan fingerprint density at radius 1 is 1.18 bits per heavy atom. The molecule has 2 aromatic rings. The van der Waals surface area contributed by atoms with E-state index in [4.69, 9.17) is 10.5 Å². The molecule has 0 fully saturated rings. The van der Waals surface area contributed by atoms with Gasteiger partial charge in [0.25, 0.3) is 5.91 Å². The summed E-state index contributed by atoms with van der Waals surface area (Å²) < 4.78 is 5.46. The summed E-state index contributed by atoms with van der Waals surface area (Å²) in [6.45, 7) is 5.56. The fourth-order valence-electron chi connectivity index (χ4n) is 2.24. The Hall–Kier alpha value is -2.33. The summed E-state index contributed by atoms with van der Waals surface area (Å²) in [5.74, 6) is -0.115. The number of anilines is 1. The van der Waals surface area contributed by atoms with Crippen LogP contribution in [-0.2, 0) is 17.9 Å². The van der Waals surface area contributed by atoms with Crippen molar-refractivity contribution in [1.29, 1.82) is 0 Å². The van der Waals surface area contributed by atoms with E-state index in [1.807, 2.05) is 44.2 Å². The van der Waals surface area contributed by atoms with E-state index in [1.54, 1.807) is 12.1 Å². The molecule has 0 saturated carbocycles. The van der Waals surface area contributed by atoms with Gasteiger partial charge in [-0.25, -0.2) is 0 Å². The van der Waals surface area contributed by atoms with Crippen molar-refractivity contribution in [3.8, 4) is 0 Å². The summed E-state index contributed by atoms with van der Waals surface area (Å²) in [7, 11) is 0. The Balaban J connectivity index is 2.06. The first kappa shape index (κ1) is 16.0. The number of carbonyl (C=O) groups excluding carboxylic acids is 1. The van der Waals surface area contributed by atoms with Crippen LogP contribution < -0.4 is 11.1 Å². The molecule has 22 heavy (non-hydrogen) atoms. The molecule has 0 aliphatic carbocycles. The fourth-order valence-corrected chi connectivity index (χ4v) is 2.24. The highest BCUT2D eigenvalue weighted by molar-refractivity contribution is 5.96. The maximum Gasteiger partial charge on any atom is 0.251 e. The lowest BCUT2D eigenvalue weighted by Crippen LogP contribution is -2.24. The zero-order valence-electron chi connectivity index (χ0n) is 13.1. The maximum atomic E-state index is 12.3. The number of nitrogens with two attached hydrogens (primary N) is 1. The minimum atomic E-state index is -0.115. The first-order valence-corrected chi connectivity index (χ1v) is 7.40. The lowest BCUT2D eigenvalue weighted by molar-refractivity contribution is 0.0949. The van der Waals surface area contributed by atoms with Crippen molar-refractivity contribution in [2.45, 2.75) is 27.0 Å². The van der Waals surface area contributed by atoms with Gasteiger partial charge >= 0.3 is 0 Å². The molecule has 0 aromatic heterocycles. The number of rotatable bonds is 6. The highest BCUT2D eigenvalue weighted by atomic mass is 16.5. The number of aryl methyl sites for hydroxylation is 1. The maximum absolute atomic E-state index is 12.3. The van der Waals surface area contributed by atoms with Gasteiger partial charge in [0.15, 0.2) is 0 Å². The molecule has 3 N–H and O–H groups in total. The van der Waals surface area contributed by atoms with E-state index in [9.17, 15) is 4.79 Å². The topological polar surface area (TPSA) is 64.3 Å². The quantitative estimate of drug-likeness (QED) is 0.806. The summed E-state index contributed by atoms with van der Waals surface area (Å²) in [6.07, 6.45) is 0. The Kier molecular flexibility index (Phi) is 5.55. The van der Waals surface area contributed by atoms with Crippen LogP contribution in [0.25, 0.3) is 0 Å². The third-order valence-electron chi connectivity index (χ3n) is 3.53. The monoisotopic (exact) mass is 298 g/mol. The van der Waals surface area contributed by atoms with E-state index in [2.05, 4.69) is 5.32 Å². The van der Waals surface area contributed by atoms with Crippen LogP contribution in [0.5, 0.6) is 0 Å². The van der Waals surface area contributed by atoms with Crippen LogP contribution in [0.1, 0.15) is 34.0 Å². The molecule has 0 aliphatic heterocycles. The van der Waals surface area contributed by atoms with E-state index in [0.29, 0.717) is 31.0 Å². The van der Waals surface area contributed by atoms with Gasteiger partial charge < -0.3 is 15.8 Å². The lowest BCUT2D eigenvalue weighted by atomic mass is 10.1. The second-order valence-corrected chi connectivity index (χ2v) is 5.16. The molecule has 1 amide bonds. The van der Waals surface area contributed by atoms with E-state index in [-0.39, 0.29) is 5.91 Å². The highest BCUT2D eigenvalue weighted by Crippen LogP contribution is 2.14. The molecule has 0 aliphatic rings. The standard InChI is InChI=1S/C18H22N2O2/c1-3-22-12-15-7-5-4-6-14(15)11-20-18(21)17-10-16(19)9-8-13(17)2/h4-10H,3,11-12,19H2,1-2H3,(H,20,21). The summed E-state index contributed by atoms with van der Waals surface area (Å²) >= 11 is 0. The number of hydrogen-bond acceptors (Lipinski definition) is 3. The van der Waals surface area contributed by atoms with Crippen LogP contribution in [0, 0.1) is 6.92 Å². The summed E-state index contributed by atoms with van der Waals surface area (Å²) in [6, 6.07) is 13.3. The Bertz CT molecular complexity index is 653. The fraction of sp³-hybridized carbons (Fsp3) is 0.278. The van der Waals surface area contributed by atoms with Crippen molar-refractivity contribution in [3.63, 3.8) is 0 Å². The number of nitrogens with one attached hydrogen (secondary N) is 1. The molecule has 0 heterocycles. The molecule has 2 rings (SSSR count). The number of nitrogen functional groups attached to an aromatic ring is 1. The van der Waals surface area contributed by atoms with Crippen molar-refractivity contribution in [1.82, 2.24) is 5.32 Å². The smallest absolute Gasteiger partial charge is 0.251 e. The van der Waals surface area contributed by atoms with E-state index in [1.165, 1.54) is 0 Å². The molecule has 2 aromatic carbocycles. The molecule has 0 atom stereocenters. The summed E-state index contributed by atoms with van der Waals surface area (Å²) in [4.78, 5) is 12.3. The first-order valence-electron chi connectivity index (χ1n) is 7.40. The molecule has 116 valence electrons. The second-order valence-electron chi connectivity index (χ2n) is 5.16. The average molecular weight is 298 g/mol. The Labute approximate surface area is 131 Å². The van der Waals surface area contributed by atoms with Crippen LogP contribution in [0.3, 0.4) is 0 Å². The number of hydrogen-bond donors (Lipinski definition) is 2. The summed E-state index contributed by atoms with van der Waals surface area (Å²) in [5, 5.41) is 2.95. The van der Waals surface area contributed by atoms with Gasteiger partial charge in [0.05, 0.1) is 6.61 Å².